The normalized spacial score (nSPS) is 11.6. The fourth-order valence-corrected chi connectivity index (χ4v) is 4.31. The van der Waals surface area contributed by atoms with Crippen molar-refractivity contribution in [2.75, 3.05) is 20.8 Å². The van der Waals surface area contributed by atoms with Crippen LogP contribution in [-0.2, 0) is 9.53 Å². The van der Waals surface area contributed by atoms with E-state index in [0.717, 1.165) is 50.1 Å². The van der Waals surface area contributed by atoms with Crippen LogP contribution in [0.4, 0.5) is 0 Å². The van der Waals surface area contributed by atoms with Gasteiger partial charge < -0.3 is 14.2 Å². The summed E-state index contributed by atoms with van der Waals surface area (Å²) in [5, 5.41) is 0. The van der Waals surface area contributed by atoms with Crippen molar-refractivity contribution in [3.05, 3.63) is 29.8 Å². The summed E-state index contributed by atoms with van der Waals surface area (Å²) in [5.41, 5.74) is 0.841. The van der Waals surface area contributed by atoms with Gasteiger partial charge in [0.2, 0.25) is 0 Å². The van der Waals surface area contributed by atoms with Crippen molar-refractivity contribution in [2.45, 2.75) is 44.6 Å². The minimum atomic E-state index is -2.45. The van der Waals surface area contributed by atoms with Crippen LogP contribution < -0.4 is 9.47 Å². The summed E-state index contributed by atoms with van der Waals surface area (Å²) in [4.78, 5) is 11.2. The van der Waals surface area contributed by atoms with E-state index in [0.29, 0.717) is 18.1 Å². The summed E-state index contributed by atoms with van der Waals surface area (Å²) in [5.74, 6) is 0.933. The number of hydrogen-bond acceptors (Lipinski definition) is 4. The Kier molecular flexibility index (Phi) is 11.9. The molecule has 0 aliphatic heterocycles. The Bertz CT molecular complexity index is 603. The number of hydrogen-bond donors (Lipinski definition) is 0. The second-order valence-electron chi connectivity index (χ2n) is 6.10. The fourth-order valence-electron chi connectivity index (χ4n) is 2.46. The van der Waals surface area contributed by atoms with Gasteiger partial charge in [0.25, 0.3) is 0 Å². The summed E-state index contributed by atoms with van der Waals surface area (Å²) >= 11 is 17.6. The van der Waals surface area contributed by atoms with Gasteiger partial charge in [0.15, 0.2) is 11.5 Å². The first-order valence-electron chi connectivity index (χ1n) is 8.99. The molecule has 0 fully saturated rings. The number of carbonyl (C=O) groups is 1. The van der Waals surface area contributed by atoms with Crippen LogP contribution in [0.1, 0.15) is 44.1 Å². The predicted octanol–water partition coefficient (Wildman–Crippen LogP) is 6.26. The maximum Gasteiger partial charge on any atom is 0.341 e. The summed E-state index contributed by atoms with van der Waals surface area (Å²) < 4.78 is 15.8. The van der Waals surface area contributed by atoms with Gasteiger partial charge in [-0.2, -0.15) is 0 Å². The van der Waals surface area contributed by atoms with Crippen LogP contribution in [0.5, 0.6) is 11.5 Å². The second-order valence-corrected chi connectivity index (χ2v) is 15.4. The molecule has 0 atom stereocenters. The maximum absolute atomic E-state index is 11.2. The Balaban J connectivity index is 2.32. The monoisotopic (exact) mass is 452 g/mol. The van der Waals surface area contributed by atoms with Gasteiger partial charge in [0, 0.05) is 6.08 Å². The lowest BCUT2D eigenvalue weighted by Crippen LogP contribution is -2.07. The highest BCUT2D eigenvalue weighted by Crippen LogP contribution is 2.29. The first-order valence-corrected chi connectivity index (χ1v) is 14.2. The van der Waals surface area contributed by atoms with Crippen LogP contribution in [0.25, 0.3) is 6.08 Å². The quantitative estimate of drug-likeness (QED) is 0.116. The van der Waals surface area contributed by atoms with Gasteiger partial charge in [-0.25, -0.2) is 4.79 Å². The van der Waals surface area contributed by atoms with E-state index in [1.807, 2.05) is 18.2 Å². The molecule has 0 saturated heterocycles. The third-order valence-corrected chi connectivity index (χ3v) is 6.53. The largest absolute Gasteiger partial charge is 0.493 e. The van der Waals surface area contributed by atoms with E-state index in [1.165, 1.54) is 13.2 Å². The molecule has 152 valence electrons. The molecule has 0 bridgehead atoms. The standard InChI is InChI=1S/C19H27Cl3O4Si/c1-24-17-11-9-16(10-12-19(23)25-2)15-18(17)26-13-7-5-3-4-6-8-14-27(20,21)22/h9-12,15H,3-8,13-14H2,1-2H3/b12-10+. The topological polar surface area (TPSA) is 44.8 Å². The Morgan fingerprint density at radius 1 is 1.00 bits per heavy atom. The number of methoxy groups -OCH3 is 2. The van der Waals surface area contributed by atoms with Crippen LogP contribution in [-0.4, -0.2) is 32.8 Å². The van der Waals surface area contributed by atoms with E-state index in [1.54, 1.807) is 13.2 Å². The van der Waals surface area contributed by atoms with Gasteiger partial charge in [0.1, 0.15) is 0 Å². The Hall–Kier alpha value is -0.883. The Labute approximate surface area is 176 Å². The molecular formula is C19H27Cl3O4Si. The third kappa shape index (κ3) is 11.5. The summed E-state index contributed by atoms with van der Waals surface area (Å²) in [6, 6.07) is 3.81. The number of rotatable bonds is 13. The molecule has 0 saturated carbocycles. The molecule has 4 nitrogen and oxygen atoms in total. The first kappa shape index (κ1) is 24.2. The molecule has 8 heteroatoms. The molecule has 0 N–H and O–H groups in total. The lowest BCUT2D eigenvalue weighted by atomic mass is 10.1. The zero-order valence-corrected chi connectivity index (χ0v) is 19.1. The third-order valence-electron chi connectivity index (χ3n) is 3.91. The van der Waals surface area contributed by atoms with Crippen molar-refractivity contribution in [3.63, 3.8) is 0 Å². The van der Waals surface area contributed by atoms with Crippen molar-refractivity contribution in [3.8, 4) is 11.5 Å². The lowest BCUT2D eigenvalue weighted by Gasteiger charge is -2.11. The molecule has 0 spiro atoms. The second kappa shape index (κ2) is 13.3. The zero-order chi connectivity index (χ0) is 20.1. The number of benzene rings is 1. The number of ether oxygens (including phenoxy) is 3. The molecule has 0 heterocycles. The summed E-state index contributed by atoms with van der Waals surface area (Å²) in [6.45, 7) is 0.613. The highest BCUT2D eigenvalue weighted by molar-refractivity contribution is 7.64. The zero-order valence-electron chi connectivity index (χ0n) is 15.8. The van der Waals surface area contributed by atoms with Crippen LogP contribution in [0.3, 0.4) is 0 Å². The average Bonchev–Trinajstić information content (AvgIpc) is 2.63. The van der Waals surface area contributed by atoms with Crippen LogP contribution in [0.15, 0.2) is 24.3 Å². The minimum Gasteiger partial charge on any atom is -0.493 e. The maximum atomic E-state index is 11.2. The number of halogens is 3. The van der Waals surface area contributed by atoms with E-state index in [2.05, 4.69) is 4.74 Å². The Morgan fingerprint density at radius 3 is 2.30 bits per heavy atom. The van der Waals surface area contributed by atoms with Crippen LogP contribution in [0, 0.1) is 0 Å². The first-order chi connectivity index (χ1) is 12.9. The van der Waals surface area contributed by atoms with E-state index < -0.39 is 12.0 Å². The highest BCUT2D eigenvalue weighted by atomic mass is 35.8. The van der Waals surface area contributed by atoms with Gasteiger partial charge in [-0.05, 0) is 36.2 Å². The Morgan fingerprint density at radius 2 is 1.67 bits per heavy atom. The SMILES string of the molecule is COC(=O)/C=C/c1ccc(OC)c(OCCCCCCCC[Si](Cl)(Cl)Cl)c1. The molecule has 0 unspecified atom stereocenters. The van der Waals surface area contributed by atoms with E-state index in [-0.39, 0.29) is 0 Å². The molecule has 0 amide bonds. The van der Waals surface area contributed by atoms with Crippen LogP contribution in [0.2, 0.25) is 6.04 Å². The lowest BCUT2D eigenvalue weighted by molar-refractivity contribution is -0.134. The minimum absolute atomic E-state index is 0.399. The molecular weight excluding hydrogens is 427 g/mol. The molecule has 0 aliphatic rings. The van der Waals surface area contributed by atoms with E-state index in [4.69, 9.17) is 42.7 Å². The van der Waals surface area contributed by atoms with Crippen molar-refractivity contribution < 1.29 is 19.0 Å². The van der Waals surface area contributed by atoms with Gasteiger partial charge in [-0.15, -0.1) is 33.2 Å². The van der Waals surface area contributed by atoms with Gasteiger partial charge in [-0.3, -0.25) is 0 Å². The molecule has 0 aromatic heterocycles. The van der Waals surface area contributed by atoms with Crippen molar-refractivity contribution in [1.29, 1.82) is 0 Å². The fraction of sp³-hybridized carbons (Fsp3) is 0.526. The van der Waals surface area contributed by atoms with Crippen molar-refractivity contribution >= 4 is 51.3 Å². The summed E-state index contributed by atoms with van der Waals surface area (Å²) in [7, 11) is 2.95. The molecule has 27 heavy (non-hydrogen) atoms. The van der Waals surface area contributed by atoms with Gasteiger partial charge in [0.05, 0.1) is 20.8 Å². The van der Waals surface area contributed by atoms with Crippen molar-refractivity contribution in [1.82, 2.24) is 0 Å². The van der Waals surface area contributed by atoms with Crippen molar-refractivity contribution in [2.24, 2.45) is 0 Å². The number of carbonyl (C=O) groups excluding carboxylic acids is 1. The van der Waals surface area contributed by atoms with Crippen LogP contribution >= 0.6 is 33.2 Å². The molecule has 1 rings (SSSR count). The average molecular weight is 454 g/mol. The molecule has 0 aliphatic carbocycles. The van der Waals surface area contributed by atoms with Gasteiger partial charge in [-0.1, -0.05) is 38.2 Å². The van der Waals surface area contributed by atoms with E-state index >= 15 is 0 Å². The smallest absolute Gasteiger partial charge is 0.341 e. The highest BCUT2D eigenvalue weighted by Gasteiger charge is 2.23. The predicted molar refractivity (Wildman–Crippen MR) is 115 cm³/mol. The number of unbranched alkanes of at least 4 members (excludes halogenated alkanes) is 5. The molecule has 1 aromatic rings. The molecule has 1 aromatic carbocycles. The number of esters is 1. The summed E-state index contributed by atoms with van der Waals surface area (Å²) in [6.07, 6.45) is 9.48. The molecule has 0 radical (unpaired) electrons. The van der Waals surface area contributed by atoms with E-state index in [9.17, 15) is 4.79 Å². The van der Waals surface area contributed by atoms with Gasteiger partial charge >= 0.3 is 12.0 Å².